The minimum atomic E-state index is 0.0129. The molecule has 1 aromatic carbocycles. The first kappa shape index (κ1) is 12.2. The van der Waals surface area contributed by atoms with Crippen LogP contribution in [0.25, 0.3) is 0 Å². The molecular weight excluding hydrogens is 258 g/mol. The molecule has 1 amide bonds. The number of carbonyl (C=O) groups excluding carboxylic acids is 1. The molecule has 0 saturated heterocycles. The Morgan fingerprint density at radius 2 is 2.20 bits per heavy atom. The first-order valence-electron chi connectivity index (χ1n) is 4.73. The number of ether oxygens (including phenoxy) is 1. The fourth-order valence-electron chi connectivity index (χ4n) is 1.17. The van der Waals surface area contributed by atoms with Crippen LogP contribution in [0.3, 0.4) is 0 Å². The molecule has 0 saturated carbocycles. The summed E-state index contributed by atoms with van der Waals surface area (Å²) in [4.78, 5) is 11.5. The lowest BCUT2D eigenvalue weighted by Gasteiger charge is -2.05. The summed E-state index contributed by atoms with van der Waals surface area (Å²) < 4.78 is 5.81. The zero-order chi connectivity index (χ0) is 11.1. The van der Waals surface area contributed by atoms with E-state index in [2.05, 4.69) is 21.2 Å². The van der Waals surface area contributed by atoms with Crippen LogP contribution < -0.4 is 5.32 Å². The summed E-state index contributed by atoms with van der Waals surface area (Å²) in [5.74, 6) is 0.0129. The van der Waals surface area contributed by atoms with Crippen molar-refractivity contribution in [2.45, 2.75) is 6.42 Å². The molecule has 1 aromatic rings. The topological polar surface area (TPSA) is 38.3 Å². The Morgan fingerprint density at radius 1 is 1.47 bits per heavy atom. The summed E-state index contributed by atoms with van der Waals surface area (Å²) in [7, 11) is 1.61. The Kier molecular flexibility index (Phi) is 5.36. The number of carbonyl (C=O) groups is 1. The SMILES string of the molecule is COCCNC(=O)Cc1ccccc1Br. The van der Waals surface area contributed by atoms with Crippen molar-refractivity contribution in [3.63, 3.8) is 0 Å². The summed E-state index contributed by atoms with van der Waals surface area (Å²) in [5, 5.41) is 2.77. The molecule has 0 heterocycles. The molecule has 0 aromatic heterocycles. The summed E-state index contributed by atoms with van der Waals surface area (Å²) in [5.41, 5.74) is 0.993. The van der Waals surface area contributed by atoms with Crippen LogP contribution in [0, 0.1) is 0 Å². The van der Waals surface area contributed by atoms with Gasteiger partial charge < -0.3 is 10.1 Å². The fourth-order valence-corrected chi connectivity index (χ4v) is 1.59. The predicted molar refractivity (Wildman–Crippen MR) is 62.7 cm³/mol. The quantitative estimate of drug-likeness (QED) is 0.829. The summed E-state index contributed by atoms with van der Waals surface area (Å²) in [6.45, 7) is 1.10. The van der Waals surface area contributed by atoms with Crippen LogP contribution in [0.5, 0.6) is 0 Å². The molecule has 0 unspecified atom stereocenters. The number of hydrogen-bond acceptors (Lipinski definition) is 2. The van der Waals surface area contributed by atoms with Crippen molar-refractivity contribution >= 4 is 21.8 Å². The van der Waals surface area contributed by atoms with E-state index in [1.807, 2.05) is 24.3 Å². The second kappa shape index (κ2) is 6.58. The second-order valence-corrected chi connectivity index (χ2v) is 3.97. The first-order valence-corrected chi connectivity index (χ1v) is 5.52. The van der Waals surface area contributed by atoms with Crippen molar-refractivity contribution in [2.75, 3.05) is 20.3 Å². The Bertz CT molecular complexity index is 328. The minimum Gasteiger partial charge on any atom is -0.383 e. The van der Waals surface area contributed by atoms with Gasteiger partial charge in [0.1, 0.15) is 0 Å². The van der Waals surface area contributed by atoms with Gasteiger partial charge in [0.05, 0.1) is 13.0 Å². The lowest BCUT2D eigenvalue weighted by atomic mass is 10.1. The molecule has 1 rings (SSSR count). The number of benzene rings is 1. The van der Waals surface area contributed by atoms with Gasteiger partial charge in [-0.1, -0.05) is 34.1 Å². The smallest absolute Gasteiger partial charge is 0.224 e. The normalized spacial score (nSPS) is 10.0. The maximum atomic E-state index is 11.5. The van der Waals surface area contributed by atoms with Gasteiger partial charge in [-0.3, -0.25) is 4.79 Å². The van der Waals surface area contributed by atoms with E-state index < -0.39 is 0 Å². The molecular formula is C11H14BrNO2. The van der Waals surface area contributed by atoms with Gasteiger partial charge in [0.2, 0.25) is 5.91 Å². The Hall–Kier alpha value is -0.870. The van der Waals surface area contributed by atoms with Crippen molar-refractivity contribution in [3.8, 4) is 0 Å². The highest BCUT2D eigenvalue weighted by Gasteiger charge is 2.04. The van der Waals surface area contributed by atoms with Crippen LogP contribution in [-0.4, -0.2) is 26.2 Å². The van der Waals surface area contributed by atoms with Crippen LogP contribution >= 0.6 is 15.9 Å². The van der Waals surface area contributed by atoms with Gasteiger partial charge >= 0.3 is 0 Å². The molecule has 0 fully saturated rings. The Balaban J connectivity index is 2.41. The van der Waals surface area contributed by atoms with Crippen LogP contribution in [0.15, 0.2) is 28.7 Å². The molecule has 82 valence electrons. The molecule has 0 atom stereocenters. The third-order valence-corrected chi connectivity index (χ3v) is 2.71. The maximum Gasteiger partial charge on any atom is 0.224 e. The van der Waals surface area contributed by atoms with Gasteiger partial charge in [0.25, 0.3) is 0 Å². The molecule has 0 aliphatic rings. The van der Waals surface area contributed by atoms with E-state index in [1.165, 1.54) is 0 Å². The van der Waals surface area contributed by atoms with E-state index >= 15 is 0 Å². The molecule has 0 spiro atoms. The van der Waals surface area contributed by atoms with Gasteiger partial charge in [-0.15, -0.1) is 0 Å². The standard InChI is InChI=1S/C11H14BrNO2/c1-15-7-6-13-11(14)8-9-4-2-3-5-10(9)12/h2-5H,6-8H2,1H3,(H,13,14). The van der Waals surface area contributed by atoms with Gasteiger partial charge in [-0.05, 0) is 11.6 Å². The van der Waals surface area contributed by atoms with Crippen LogP contribution in [0.4, 0.5) is 0 Å². The summed E-state index contributed by atoms with van der Waals surface area (Å²) >= 11 is 3.40. The van der Waals surface area contributed by atoms with E-state index in [-0.39, 0.29) is 5.91 Å². The average Bonchev–Trinajstić information content (AvgIpc) is 2.22. The third kappa shape index (κ3) is 4.44. The second-order valence-electron chi connectivity index (χ2n) is 3.11. The molecule has 4 heteroatoms. The molecule has 0 bridgehead atoms. The van der Waals surface area contributed by atoms with Crippen molar-refractivity contribution in [1.82, 2.24) is 5.32 Å². The summed E-state index contributed by atoms with van der Waals surface area (Å²) in [6.07, 6.45) is 0.394. The molecule has 15 heavy (non-hydrogen) atoms. The molecule has 0 radical (unpaired) electrons. The van der Waals surface area contributed by atoms with Gasteiger partial charge in [-0.2, -0.15) is 0 Å². The van der Waals surface area contributed by atoms with Gasteiger partial charge in [-0.25, -0.2) is 0 Å². The summed E-state index contributed by atoms with van der Waals surface area (Å²) in [6, 6.07) is 7.71. The minimum absolute atomic E-state index is 0.0129. The van der Waals surface area contributed by atoms with Crippen LogP contribution in [0.2, 0.25) is 0 Å². The average molecular weight is 272 g/mol. The van der Waals surface area contributed by atoms with E-state index in [1.54, 1.807) is 7.11 Å². The van der Waals surface area contributed by atoms with E-state index in [0.29, 0.717) is 19.6 Å². The van der Waals surface area contributed by atoms with E-state index in [0.717, 1.165) is 10.0 Å². The first-order chi connectivity index (χ1) is 7.24. The maximum absolute atomic E-state index is 11.5. The zero-order valence-corrected chi connectivity index (χ0v) is 10.2. The molecule has 0 aliphatic carbocycles. The molecule has 3 nitrogen and oxygen atoms in total. The van der Waals surface area contributed by atoms with Crippen LogP contribution in [0.1, 0.15) is 5.56 Å². The monoisotopic (exact) mass is 271 g/mol. The van der Waals surface area contributed by atoms with E-state index in [4.69, 9.17) is 4.74 Å². The number of amides is 1. The number of hydrogen-bond donors (Lipinski definition) is 1. The largest absolute Gasteiger partial charge is 0.383 e. The molecule has 0 aliphatic heterocycles. The highest BCUT2D eigenvalue weighted by Crippen LogP contribution is 2.15. The number of halogens is 1. The number of nitrogens with one attached hydrogen (secondary N) is 1. The van der Waals surface area contributed by atoms with Crippen LogP contribution in [-0.2, 0) is 16.0 Å². The fraction of sp³-hybridized carbons (Fsp3) is 0.364. The highest BCUT2D eigenvalue weighted by atomic mass is 79.9. The highest BCUT2D eigenvalue weighted by molar-refractivity contribution is 9.10. The van der Waals surface area contributed by atoms with Gasteiger partial charge in [0, 0.05) is 18.1 Å². The lowest BCUT2D eigenvalue weighted by Crippen LogP contribution is -2.28. The third-order valence-electron chi connectivity index (χ3n) is 1.94. The molecule has 1 N–H and O–H groups in total. The van der Waals surface area contributed by atoms with Crippen molar-refractivity contribution in [2.24, 2.45) is 0 Å². The Morgan fingerprint density at radius 3 is 2.87 bits per heavy atom. The van der Waals surface area contributed by atoms with Crippen molar-refractivity contribution in [3.05, 3.63) is 34.3 Å². The van der Waals surface area contributed by atoms with E-state index in [9.17, 15) is 4.79 Å². The predicted octanol–water partition coefficient (Wildman–Crippen LogP) is 1.75. The van der Waals surface area contributed by atoms with Gasteiger partial charge in [0.15, 0.2) is 0 Å². The number of rotatable bonds is 5. The van der Waals surface area contributed by atoms with Crippen molar-refractivity contribution in [1.29, 1.82) is 0 Å². The number of methoxy groups -OCH3 is 1. The van der Waals surface area contributed by atoms with Crippen molar-refractivity contribution < 1.29 is 9.53 Å². The zero-order valence-electron chi connectivity index (χ0n) is 8.63. The Labute approximate surface area is 97.9 Å². The lowest BCUT2D eigenvalue weighted by molar-refractivity contribution is -0.120.